The van der Waals surface area contributed by atoms with Crippen LogP contribution in [0.2, 0.25) is 0 Å². The van der Waals surface area contributed by atoms with Gasteiger partial charge < -0.3 is 5.11 Å². The summed E-state index contributed by atoms with van der Waals surface area (Å²) in [6, 6.07) is 0. The molecule has 0 atom stereocenters. The van der Waals surface area contributed by atoms with Gasteiger partial charge in [0.1, 0.15) is 5.82 Å². The first-order valence-electron chi connectivity index (χ1n) is 5.67. The van der Waals surface area contributed by atoms with Crippen LogP contribution in [0.3, 0.4) is 0 Å². The van der Waals surface area contributed by atoms with Crippen LogP contribution in [-0.4, -0.2) is 21.0 Å². The molecule has 1 aliphatic carbocycles. The van der Waals surface area contributed by atoms with E-state index in [0.29, 0.717) is 11.8 Å². The average Bonchev–Trinajstić information content (AvgIpc) is 2.99. The van der Waals surface area contributed by atoms with Crippen molar-refractivity contribution in [2.45, 2.75) is 39.0 Å². The maximum atomic E-state index is 11.0. The third-order valence-electron chi connectivity index (χ3n) is 2.65. The lowest BCUT2D eigenvalue weighted by molar-refractivity contribution is 0.0694. The number of hydrogen-bond acceptors (Lipinski definition) is 3. The highest BCUT2D eigenvalue weighted by Gasteiger charge is 2.30. The van der Waals surface area contributed by atoms with Gasteiger partial charge in [-0.15, -0.1) is 0 Å². The van der Waals surface area contributed by atoms with Crippen molar-refractivity contribution >= 4 is 5.97 Å². The number of nitrogens with zero attached hydrogens (tertiary/aromatic N) is 2. The van der Waals surface area contributed by atoms with Crippen molar-refractivity contribution in [3.63, 3.8) is 0 Å². The number of carboxylic acid groups (broad SMARTS) is 1. The second-order valence-electron chi connectivity index (χ2n) is 4.76. The van der Waals surface area contributed by atoms with E-state index in [2.05, 4.69) is 23.8 Å². The van der Waals surface area contributed by atoms with Gasteiger partial charge in [-0.3, -0.25) is 0 Å². The molecule has 0 aliphatic heterocycles. The van der Waals surface area contributed by atoms with E-state index in [9.17, 15) is 4.79 Å². The molecule has 1 saturated carbocycles. The largest absolute Gasteiger partial charge is 0.478 e. The van der Waals surface area contributed by atoms with Gasteiger partial charge >= 0.3 is 5.97 Å². The summed E-state index contributed by atoms with van der Waals surface area (Å²) >= 11 is 0. The molecule has 0 unspecified atom stereocenters. The first kappa shape index (κ1) is 11.0. The number of aromatic carboxylic acids is 1. The molecule has 1 aliphatic rings. The predicted octanol–water partition coefficient (Wildman–Crippen LogP) is 2.25. The molecular formula is C12H16N2O2. The van der Waals surface area contributed by atoms with E-state index < -0.39 is 5.97 Å². The standard InChI is InChI=1S/C12H16N2O2/c1-7(2)5-10-13-6-9(12(15)16)11(14-10)8-3-4-8/h6-8H,3-5H2,1-2H3,(H,15,16). The zero-order valence-corrected chi connectivity index (χ0v) is 9.60. The number of aromatic nitrogens is 2. The van der Waals surface area contributed by atoms with Crippen LogP contribution in [0.5, 0.6) is 0 Å². The SMILES string of the molecule is CC(C)Cc1ncc(C(=O)O)c(C2CC2)n1. The molecule has 1 N–H and O–H groups in total. The third kappa shape index (κ3) is 2.38. The summed E-state index contributed by atoms with van der Waals surface area (Å²) in [6.45, 7) is 4.20. The molecule has 0 saturated heterocycles. The number of rotatable bonds is 4. The smallest absolute Gasteiger partial charge is 0.339 e. The molecule has 0 bridgehead atoms. The van der Waals surface area contributed by atoms with Crippen LogP contribution in [0.4, 0.5) is 0 Å². The molecule has 0 radical (unpaired) electrons. The van der Waals surface area contributed by atoms with Crippen molar-refractivity contribution in [2.24, 2.45) is 5.92 Å². The van der Waals surface area contributed by atoms with Gasteiger partial charge in [0.15, 0.2) is 0 Å². The molecule has 0 aromatic carbocycles. The maximum Gasteiger partial charge on any atom is 0.339 e. The van der Waals surface area contributed by atoms with Gasteiger partial charge in [0, 0.05) is 18.5 Å². The molecular weight excluding hydrogens is 204 g/mol. The van der Waals surface area contributed by atoms with Crippen molar-refractivity contribution in [1.82, 2.24) is 9.97 Å². The monoisotopic (exact) mass is 220 g/mol. The summed E-state index contributed by atoms with van der Waals surface area (Å²) in [5.74, 6) is 0.683. The van der Waals surface area contributed by atoms with E-state index >= 15 is 0 Å². The third-order valence-corrected chi connectivity index (χ3v) is 2.65. The van der Waals surface area contributed by atoms with Gasteiger partial charge in [0.05, 0.1) is 11.3 Å². The molecule has 2 rings (SSSR count). The summed E-state index contributed by atoms with van der Waals surface area (Å²) in [4.78, 5) is 19.5. The van der Waals surface area contributed by atoms with Crippen molar-refractivity contribution < 1.29 is 9.90 Å². The molecule has 0 amide bonds. The molecule has 1 aromatic heterocycles. The van der Waals surface area contributed by atoms with Crippen molar-refractivity contribution in [3.8, 4) is 0 Å². The fourth-order valence-electron chi connectivity index (χ4n) is 1.73. The van der Waals surface area contributed by atoms with Crippen LogP contribution in [-0.2, 0) is 6.42 Å². The van der Waals surface area contributed by atoms with E-state index in [1.54, 1.807) is 0 Å². The molecule has 0 spiro atoms. The topological polar surface area (TPSA) is 63.1 Å². The molecule has 86 valence electrons. The summed E-state index contributed by atoms with van der Waals surface area (Å²) in [5, 5.41) is 9.04. The van der Waals surface area contributed by atoms with Crippen molar-refractivity contribution in [3.05, 3.63) is 23.3 Å². The Morgan fingerprint density at radius 3 is 2.75 bits per heavy atom. The Morgan fingerprint density at radius 2 is 2.25 bits per heavy atom. The average molecular weight is 220 g/mol. The van der Waals surface area contributed by atoms with E-state index in [-0.39, 0.29) is 5.56 Å². The first-order valence-corrected chi connectivity index (χ1v) is 5.67. The minimum atomic E-state index is -0.919. The number of carboxylic acids is 1. The molecule has 4 heteroatoms. The second kappa shape index (κ2) is 4.20. The highest BCUT2D eigenvalue weighted by molar-refractivity contribution is 5.88. The van der Waals surface area contributed by atoms with Gasteiger partial charge in [-0.25, -0.2) is 14.8 Å². The number of carbonyl (C=O) groups is 1. The van der Waals surface area contributed by atoms with Gasteiger partial charge in [0.25, 0.3) is 0 Å². The van der Waals surface area contributed by atoms with Crippen LogP contribution >= 0.6 is 0 Å². The van der Waals surface area contributed by atoms with E-state index in [1.165, 1.54) is 6.20 Å². The van der Waals surface area contributed by atoms with Gasteiger partial charge in [-0.05, 0) is 18.8 Å². The second-order valence-corrected chi connectivity index (χ2v) is 4.76. The summed E-state index contributed by atoms with van der Waals surface area (Å²) in [6.07, 6.45) is 4.37. The van der Waals surface area contributed by atoms with Crippen molar-refractivity contribution in [2.75, 3.05) is 0 Å². The Hall–Kier alpha value is -1.45. The van der Waals surface area contributed by atoms with Crippen LogP contribution in [0.25, 0.3) is 0 Å². The minimum Gasteiger partial charge on any atom is -0.478 e. The molecule has 4 nitrogen and oxygen atoms in total. The van der Waals surface area contributed by atoms with E-state index in [0.717, 1.165) is 30.8 Å². The Morgan fingerprint density at radius 1 is 1.56 bits per heavy atom. The zero-order chi connectivity index (χ0) is 11.7. The fraction of sp³-hybridized carbons (Fsp3) is 0.583. The summed E-state index contributed by atoms with van der Waals surface area (Å²) in [7, 11) is 0. The molecule has 1 fully saturated rings. The van der Waals surface area contributed by atoms with E-state index in [1.807, 2.05) is 0 Å². The first-order chi connectivity index (χ1) is 7.58. The van der Waals surface area contributed by atoms with E-state index in [4.69, 9.17) is 5.11 Å². The molecule has 16 heavy (non-hydrogen) atoms. The highest BCUT2D eigenvalue weighted by atomic mass is 16.4. The van der Waals surface area contributed by atoms with Crippen LogP contribution in [0, 0.1) is 5.92 Å². The lowest BCUT2D eigenvalue weighted by Crippen LogP contribution is -2.09. The van der Waals surface area contributed by atoms with Gasteiger partial charge in [-0.2, -0.15) is 0 Å². The van der Waals surface area contributed by atoms with Gasteiger partial charge in [-0.1, -0.05) is 13.8 Å². The highest BCUT2D eigenvalue weighted by Crippen LogP contribution is 2.40. The van der Waals surface area contributed by atoms with Gasteiger partial charge in [0.2, 0.25) is 0 Å². The summed E-state index contributed by atoms with van der Waals surface area (Å²) in [5.41, 5.74) is 1.01. The Labute approximate surface area is 94.7 Å². The predicted molar refractivity (Wildman–Crippen MR) is 59.5 cm³/mol. The number of hydrogen-bond donors (Lipinski definition) is 1. The lowest BCUT2D eigenvalue weighted by Gasteiger charge is -2.07. The molecule has 1 heterocycles. The quantitative estimate of drug-likeness (QED) is 0.845. The molecule has 1 aromatic rings. The normalized spacial score (nSPS) is 15.4. The maximum absolute atomic E-state index is 11.0. The van der Waals surface area contributed by atoms with Crippen LogP contribution in [0.1, 0.15) is 54.5 Å². The zero-order valence-electron chi connectivity index (χ0n) is 9.60. The van der Waals surface area contributed by atoms with Crippen LogP contribution < -0.4 is 0 Å². The Kier molecular flexibility index (Phi) is 2.90. The minimum absolute atomic E-state index is 0.273. The van der Waals surface area contributed by atoms with Crippen LogP contribution in [0.15, 0.2) is 6.20 Å². The lowest BCUT2D eigenvalue weighted by atomic mass is 10.1. The Bertz CT molecular complexity index is 411. The summed E-state index contributed by atoms with van der Waals surface area (Å²) < 4.78 is 0. The van der Waals surface area contributed by atoms with Crippen molar-refractivity contribution in [1.29, 1.82) is 0 Å². The Balaban J connectivity index is 2.32. The fourth-order valence-corrected chi connectivity index (χ4v) is 1.73.